The van der Waals surface area contributed by atoms with Gasteiger partial charge in [-0.1, -0.05) is 50.5 Å². The molecule has 0 aromatic rings. The molecule has 4 aliphatic rings. The van der Waals surface area contributed by atoms with Gasteiger partial charge in [0.1, 0.15) is 0 Å². The minimum atomic E-state index is -0.267. The molecule has 0 bridgehead atoms. The zero-order valence-corrected chi connectivity index (χ0v) is 20.6. The summed E-state index contributed by atoms with van der Waals surface area (Å²) >= 11 is 0. The van der Waals surface area contributed by atoms with Gasteiger partial charge in [-0.25, -0.2) is 0 Å². The molecule has 4 fully saturated rings. The first-order valence-electron chi connectivity index (χ1n) is 12.9. The molecule has 4 aliphatic carbocycles. The van der Waals surface area contributed by atoms with E-state index < -0.39 is 0 Å². The van der Waals surface area contributed by atoms with Crippen molar-refractivity contribution in [1.29, 1.82) is 0 Å². The molecule has 0 aliphatic heterocycles. The number of ether oxygens (including phenoxy) is 1. The maximum Gasteiger partial charge on any atom is 0.307 e. The third-order valence-corrected chi connectivity index (χ3v) is 10.3. The predicted molar refractivity (Wildman–Crippen MR) is 128 cm³/mol. The summed E-state index contributed by atoms with van der Waals surface area (Å²) in [6, 6.07) is 0. The highest BCUT2D eigenvalue weighted by atomic mass is 16.5. The van der Waals surface area contributed by atoms with Crippen molar-refractivity contribution in [1.82, 2.24) is 0 Å². The van der Waals surface area contributed by atoms with Gasteiger partial charge in [0.15, 0.2) is 0 Å². The van der Waals surface area contributed by atoms with Crippen LogP contribution in [0.3, 0.4) is 0 Å². The second-order valence-electron chi connectivity index (χ2n) is 11.8. The van der Waals surface area contributed by atoms with E-state index in [1.165, 1.54) is 76.7 Å². The van der Waals surface area contributed by atoms with Gasteiger partial charge < -0.3 is 4.74 Å². The smallest absolute Gasteiger partial charge is 0.307 e. The van der Waals surface area contributed by atoms with Crippen LogP contribution in [0.15, 0.2) is 35.6 Å². The first-order valence-corrected chi connectivity index (χ1v) is 12.9. The molecule has 4 rings (SSSR count). The Morgan fingerprint density at radius 1 is 0.871 bits per heavy atom. The molecule has 1 unspecified atom stereocenters. The van der Waals surface area contributed by atoms with Gasteiger partial charge in [0, 0.05) is 6.92 Å². The van der Waals surface area contributed by atoms with Gasteiger partial charge in [-0.3, -0.25) is 4.79 Å². The van der Waals surface area contributed by atoms with Gasteiger partial charge in [-0.05, 0) is 111 Å². The quantitative estimate of drug-likeness (QED) is 0.259. The Balaban J connectivity index is 1.47. The Kier molecular flexibility index (Phi) is 6.57. The van der Waals surface area contributed by atoms with Gasteiger partial charge in [0.25, 0.3) is 0 Å². The Hall–Kier alpha value is -1.31. The lowest BCUT2D eigenvalue weighted by molar-refractivity contribution is -0.135. The Labute approximate surface area is 190 Å². The minimum Gasteiger partial charge on any atom is -0.434 e. The highest BCUT2D eigenvalue weighted by molar-refractivity contribution is 5.66. The van der Waals surface area contributed by atoms with E-state index in [-0.39, 0.29) is 5.97 Å². The number of allylic oxidation sites excluding steroid dienone is 5. The van der Waals surface area contributed by atoms with Crippen LogP contribution in [0.25, 0.3) is 0 Å². The first kappa shape index (κ1) is 22.9. The summed E-state index contributed by atoms with van der Waals surface area (Å²) in [6.07, 6.45) is 22.7. The third kappa shape index (κ3) is 4.21. The van der Waals surface area contributed by atoms with Crippen LogP contribution in [-0.4, -0.2) is 5.97 Å². The summed E-state index contributed by atoms with van der Waals surface area (Å²) < 4.78 is 4.97. The van der Waals surface area contributed by atoms with E-state index in [2.05, 4.69) is 32.9 Å². The number of esters is 1. The fraction of sp³-hybridized carbons (Fsp3) is 0.759. The summed E-state index contributed by atoms with van der Waals surface area (Å²) in [5.41, 5.74) is 3.63. The van der Waals surface area contributed by atoms with Crippen molar-refractivity contribution in [3.8, 4) is 0 Å². The number of carbonyl (C=O) groups excluding carboxylic acids is 1. The Morgan fingerprint density at radius 2 is 1.65 bits per heavy atom. The third-order valence-electron chi connectivity index (χ3n) is 10.3. The molecule has 0 amide bonds. The lowest BCUT2D eigenvalue weighted by Gasteiger charge is -2.60. The fourth-order valence-electron chi connectivity index (χ4n) is 8.73. The lowest BCUT2D eigenvalue weighted by Crippen LogP contribution is -2.52. The van der Waals surface area contributed by atoms with E-state index in [1.807, 2.05) is 13.0 Å². The van der Waals surface area contributed by atoms with Crippen LogP contribution in [0.4, 0.5) is 0 Å². The molecule has 0 aromatic carbocycles. The summed E-state index contributed by atoms with van der Waals surface area (Å²) in [5, 5.41) is 0. The van der Waals surface area contributed by atoms with Crippen LogP contribution < -0.4 is 0 Å². The van der Waals surface area contributed by atoms with E-state index in [0.29, 0.717) is 10.8 Å². The minimum absolute atomic E-state index is 0.267. The Morgan fingerprint density at radius 3 is 2.42 bits per heavy atom. The highest BCUT2D eigenvalue weighted by Gasteiger charge is 2.59. The van der Waals surface area contributed by atoms with E-state index in [1.54, 1.807) is 6.26 Å². The van der Waals surface area contributed by atoms with Crippen molar-refractivity contribution in [3.63, 3.8) is 0 Å². The largest absolute Gasteiger partial charge is 0.434 e. The van der Waals surface area contributed by atoms with Crippen LogP contribution in [0.5, 0.6) is 0 Å². The van der Waals surface area contributed by atoms with Crippen molar-refractivity contribution in [2.75, 3.05) is 0 Å². The van der Waals surface area contributed by atoms with Gasteiger partial charge in [0.2, 0.25) is 0 Å². The average Bonchev–Trinajstić information content (AvgIpc) is 3.09. The summed E-state index contributed by atoms with van der Waals surface area (Å²) in [6.45, 7) is 11.1. The standard InChI is InChI=1S/C29H44O2/c1-20(19-31-22(3)30)9-8-10-21(2)25-14-15-26-24-13-12-23-11-6-7-17-28(23,4)27(24)16-18-29(25,26)5/h8-10,19,23-27H,6-7,11-18H2,1-5H3/t23?,24-,25+,26-,27-,28-,29+/m0/s1. The maximum atomic E-state index is 11.0. The van der Waals surface area contributed by atoms with Crippen LogP contribution in [-0.2, 0) is 9.53 Å². The van der Waals surface area contributed by atoms with E-state index >= 15 is 0 Å². The molecule has 0 saturated heterocycles. The first-order chi connectivity index (χ1) is 14.8. The summed E-state index contributed by atoms with van der Waals surface area (Å²) in [7, 11) is 0. The molecule has 2 nitrogen and oxygen atoms in total. The van der Waals surface area contributed by atoms with Crippen LogP contribution >= 0.6 is 0 Å². The molecule has 4 saturated carbocycles. The van der Waals surface area contributed by atoms with E-state index in [9.17, 15) is 4.79 Å². The summed E-state index contributed by atoms with van der Waals surface area (Å²) in [4.78, 5) is 11.0. The summed E-state index contributed by atoms with van der Waals surface area (Å²) in [5.74, 6) is 4.35. The number of fused-ring (bicyclic) bond motifs is 5. The fourth-order valence-corrected chi connectivity index (χ4v) is 8.73. The van der Waals surface area contributed by atoms with Crippen LogP contribution in [0.1, 0.15) is 98.8 Å². The number of hydrogen-bond donors (Lipinski definition) is 0. The molecular weight excluding hydrogens is 380 g/mol. The second kappa shape index (κ2) is 8.91. The zero-order valence-electron chi connectivity index (χ0n) is 20.6. The van der Waals surface area contributed by atoms with E-state index in [4.69, 9.17) is 4.74 Å². The molecule has 0 aromatic heterocycles. The average molecular weight is 425 g/mol. The molecule has 0 radical (unpaired) electrons. The molecule has 172 valence electrons. The number of carbonyl (C=O) groups is 1. The van der Waals surface area contributed by atoms with Crippen molar-refractivity contribution >= 4 is 5.97 Å². The van der Waals surface area contributed by atoms with Crippen LogP contribution in [0.2, 0.25) is 0 Å². The van der Waals surface area contributed by atoms with Crippen molar-refractivity contribution < 1.29 is 9.53 Å². The number of hydrogen-bond acceptors (Lipinski definition) is 2. The van der Waals surface area contributed by atoms with Crippen LogP contribution in [0, 0.1) is 40.4 Å². The van der Waals surface area contributed by atoms with Gasteiger partial charge in [0.05, 0.1) is 6.26 Å². The van der Waals surface area contributed by atoms with Crippen molar-refractivity contribution in [2.24, 2.45) is 40.4 Å². The van der Waals surface area contributed by atoms with Crippen molar-refractivity contribution in [3.05, 3.63) is 35.6 Å². The van der Waals surface area contributed by atoms with Gasteiger partial charge >= 0.3 is 5.97 Å². The monoisotopic (exact) mass is 424 g/mol. The molecule has 0 N–H and O–H groups in total. The topological polar surface area (TPSA) is 26.3 Å². The normalized spacial score (nSPS) is 43.3. The second-order valence-corrected chi connectivity index (χ2v) is 11.8. The molecule has 31 heavy (non-hydrogen) atoms. The molecule has 0 heterocycles. The maximum absolute atomic E-state index is 11.0. The number of rotatable bonds is 4. The SMILES string of the molecule is CC(=O)OC=C(C)C=CC=C(C)[C@H]1CC[C@H]2[C@@H]3CCC4CCCC[C@]4(C)[C@H]3CC[C@]12C. The van der Waals surface area contributed by atoms with Gasteiger partial charge in [-0.15, -0.1) is 0 Å². The molecule has 7 atom stereocenters. The predicted octanol–water partition coefficient (Wildman–Crippen LogP) is 8.00. The van der Waals surface area contributed by atoms with Crippen molar-refractivity contribution in [2.45, 2.75) is 98.8 Å². The molecule has 0 spiro atoms. The Bertz CT molecular complexity index is 774. The molecule has 2 heteroatoms. The molecular formula is C29H44O2. The highest BCUT2D eigenvalue weighted by Crippen LogP contribution is 2.68. The van der Waals surface area contributed by atoms with Gasteiger partial charge in [-0.2, -0.15) is 0 Å². The van der Waals surface area contributed by atoms with E-state index in [0.717, 1.165) is 35.2 Å². The zero-order chi connectivity index (χ0) is 22.2. The lowest BCUT2D eigenvalue weighted by atomic mass is 9.44.